The van der Waals surface area contributed by atoms with E-state index in [1.54, 1.807) is 0 Å². The van der Waals surface area contributed by atoms with E-state index in [0.717, 1.165) is 18.6 Å². The van der Waals surface area contributed by atoms with E-state index < -0.39 is 0 Å². The number of hydrogen-bond acceptors (Lipinski definition) is 3. The summed E-state index contributed by atoms with van der Waals surface area (Å²) in [4.78, 5) is 6.89. The minimum Gasteiger partial charge on any atom is -0.336 e. The molecule has 2 aliphatic rings. The molecule has 0 spiro atoms. The van der Waals surface area contributed by atoms with Crippen molar-refractivity contribution in [3.63, 3.8) is 0 Å². The molecule has 1 aliphatic heterocycles. The quantitative estimate of drug-likeness (QED) is 0.904. The number of hydrogen-bond donors (Lipinski definition) is 1. The molecule has 4 heteroatoms. The summed E-state index contributed by atoms with van der Waals surface area (Å²) in [7, 11) is 0. The summed E-state index contributed by atoms with van der Waals surface area (Å²) in [6.45, 7) is 11.6. The second kappa shape index (κ2) is 5.73. The third kappa shape index (κ3) is 3.67. The van der Waals surface area contributed by atoms with Crippen molar-refractivity contribution in [3.05, 3.63) is 18.7 Å². The first-order valence-corrected chi connectivity index (χ1v) is 8.41. The first-order chi connectivity index (χ1) is 9.93. The molecule has 1 saturated heterocycles. The molecule has 3 unspecified atom stereocenters. The summed E-state index contributed by atoms with van der Waals surface area (Å²) < 4.78 is 2.19. The van der Waals surface area contributed by atoms with Gasteiger partial charge in [0.05, 0.1) is 6.33 Å². The van der Waals surface area contributed by atoms with E-state index in [1.165, 1.54) is 25.8 Å². The van der Waals surface area contributed by atoms with Gasteiger partial charge in [0.15, 0.2) is 0 Å². The molecule has 0 radical (unpaired) electrons. The smallest absolute Gasteiger partial charge is 0.0946 e. The molecule has 21 heavy (non-hydrogen) atoms. The molecule has 1 saturated carbocycles. The van der Waals surface area contributed by atoms with Crippen molar-refractivity contribution in [1.82, 2.24) is 19.8 Å². The Morgan fingerprint density at radius 3 is 2.67 bits per heavy atom. The van der Waals surface area contributed by atoms with Crippen LogP contribution in [0.25, 0.3) is 0 Å². The Kier molecular flexibility index (Phi) is 4.10. The van der Waals surface area contributed by atoms with Crippen LogP contribution in [0.4, 0.5) is 0 Å². The Morgan fingerprint density at radius 2 is 2.10 bits per heavy atom. The van der Waals surface area contributed by atoms with Gasteiger partial charge in [-0.2, -0.15) is 0 Å². The Labute approximate surface area is 128 Å². The largest absolute Gasteiger partial charge is 0.336 e. The summed E-state index contributed by atoms with van der Waals surface area (Å²) in [5, 5.41) is 3.95. The van der Waals surface area contributed by atoms with Gasteiger partial charge in [-0.3, -0.25) is 4.90 Å². The van der Waals surface area contributed by atoms with Crippen LogP contribution in [0.2, 0.25) is 0 Å². The fourth-order valence-electron chi connectivity index (χ4n) is 3.56. The maximum atomic E-state index is 4.17. The zero-order valence-corrected chi connectivity index (χ0v) is 13.9. The summed E-state index contributed by atoms with van der Waals surface area (Å²) in [5.41, 5.74) is 0.251. The van der Waals surface area contributed by atoms with Crippen LogP contribution in [0.5, 0.6) is 0 Å². The summed E-state index contributed by atoms with van der Waals surface area (Å²) in [6, 6.07) is 2.73. The summed E-state index contributed by atoms with van der Waals surface area (Å²) in [5.74, 6) is 0. The average Bonchev–Trinajstić information content (AvgIpc) is 2.97. The molecule has 2 fully saturated rings. The predicted molar refractivity (Wildman–Crippen MR) is 86.2 cm³/mol. The minimum atomic E-state index is 0.251. The predicted octanol–water partition coefficient (Wildman–Crippen LogP) is 2.51. The van der Waals surface area contributed by atoms with Crippen molar-refractivity contribution in [2.75, 3.05) is 6.54 Å². The van der Waals surface area contributed by atoms with Crippen LogP contribution in [0, 0.1) is 5.41 Å². The third-order valence-electron chi connectivity index (χ3n) is 5.07. The molecule has 3 rings (SSSR count). The zero-order valence-electron chi connectivity index (χ0n) is 13.9. The third-order valence-corrected chi connectivity index (χ3v) is 5.07. The van der Waals surface area contributed by atoms with E-state index in [0.29, 0.717) is 12.1 Å². The molecule has 1 N–H and O–H groups in total. The maximum Gasteiger partial charge on any atom is 0.0946 e. The first-order valence-electron chi connectivity index (χ1n) is 8.41. The van der Waals surface area contributed by atoms with Gasteiger partial charge in [-0.25, -0.2) is 4.98 Å². The molecule has 2 heterocycles. The Morgan fingerprint density at radius 1 is 1.33 bits per heavy atom. The second-order valence-electron chi connectivity index (χ2n) is 8.05. The van der Waals surface area contributed by atoms with Gasteiger partial charge in [-0.1, -0.05) is 20.8 Å². The highest BCUT2D eigenvalue weighted by Gasteiger charge is 2.40. The number of aromatic nitrogens is 2. The van der Waals surface area contributed by atoms with Crippen molar-refractivity contribution >= 4 is 0 Å². The van der Waals surface area contributed by atoms with Crippen LogP contribution < -0.4 is 5.32 Å². The van der Waals surface area contributed by atoms with Crippen molar-refractivity contribution < 1.29 is 0 Å². The molecular weight excluding hydrogens is 260 g/mol. The molecule has 0 amide bonds. The van der Waals surface area contributed by atoms with Gasteiger partial charge in [0, 0.05) is 49.7 Å². The molecule has 0 bridgehead atoms. The monoisotopic (exact) mass is 290 g/mol. The maximum absolute atomic E-state index is 4.17. The molecular formula is C17H30N4. The molecule has 1 aromatic rings. The topological polar surface area (TPSA) is 33.1 Å². The van der Waals surface area contributed by atoms with E-state index in [-0.39, 0.29) is 5.41 Å². The van der Waals surface area contributed by atoms with E-state index in [4.69, 9.17) is 0 Å². The lowest BCUT2D eigenvalue weighted by atomic mass is 9.86. The number of nitrogens with zero attached hydrogens (tertiary/aromatic N) is 3. The van der Waals surface area contributed by atoms with Crippen LogP contribution in [-0.2, 0) is 6.54 Å². The fraction of sp³-hybridized carbons (Fsp3) is 0.824. The number of likely N-dealkylation sites (tertiary alicyclic amines) is 1. The van der Waals surface area contributed by atoms with Crippen molar-refractivity contribution in [3.8, 4) is 0 Å². The van der Waals surface area contributed by atoms with Gasteiger partial charge in [-0.15, -0.1) is 0 Å². The van der Waals surface area contributed by atoms with Gasteiger partial charge in [-0.05, 0) is 31.6 Å². The van der Waals surface area contributed by atoms with Crippen LogP contribution in [0.15, 0.2) is 18.7 Å². The molecule has 3 atom stereocenters. The van der Waals surface area contributed by atoms with Gasteiger partial charge >= 0.3 is 0 Å². The normalized spacial score (nSPS) is 29.0. The van der Waals surface area contributed by atoms with Crippen LogP contribution in [-0.4, -0.2) is 45.2 Å². The SMILES string of the molecule is CC1CC(NC(Cn2ccnc2)C(C)(C)C)CN1C1CC1. The molecule has 4 nitrogen and oxygen atoms in total. The highest BCUT2D eigenvalue weighted by atomic mass is 15.3. The van der Waals surface area contributed by atoms with Gasteiger partial charge < -0.3 is 9.88 Å². The lowest BCUT2D eigenvalue weighted by Gasteiger charge is -2.34. The lowest BCUT2D eigenvalue weighted by Crippen LogP contribution is -2.49. The average molecular weight is 290 g/mol. The van der Waals surface area contributed by atoms with Crippen molar-refractivity contribution in [1.29, 1.82) is 0 Å². The van der Waals surface area contributed by atoms with Crippen molar-refractivity contribution in [2.45, 2.75) is 77.7 Å². The Balaban J connectivity index is 1.62. The van der Waals surface area contributed by atoms with Gasteiger partial charge in [0.25, 0.3) is 0 Å². The summed E-state index contributed by atoms with van der Waals surface area (Å²) in [6.07, 6.45) is 9.96. The lowest BCUT2D eigenvalue weighted by molar-refractivity contribution is 0.215. The molecule has 1 aromatic heterocycles. The summed E-state index contributed by atoms with van der Waals surface area (Å²) >= 11 is 0. The zero-order chi connectivity index (χ0) is 15.0. The van der Waals surface area contributed by atoms with E-state index in [9.17, 15) is 0 Å². The van der Waals surface area contributed by atoms with Crippen LogP contribution >= 0.6 is 0 Å². The van der Waals surface area contributed by atoms with E-state index >= 15 is 0 Å². The van der Waals surface area contributed by atoms with Crippen LogP contribution in [0.1, 0.15) is 47.0 Å². The second-order valence-corrected chi connectivity index (χ2v) is 8.05. The molecule has 1 aliphatic carbocycles. The van der Waals surface area contributed by atoms with E-state index in [2.05, 4.69) is 53.7 Å². The number of imidazole rings is 1. The van der Waals surface area contributed by atoms with Gasteiger partial charge in [0.1, 0.15) is 0 Å². The highest BCUT2D eigenvalue weighted by molar-refractivity contribution is 4.98. The molecule has 0 aromatic carbocycles. The molecule has 118 valence electrons. The fourth-order valence-corrected chi connectivity index (χ4v) is 3.56. The van der Waals surface area contributed by atoms with E-state index in [1.807, 2.05) is 12.5 Å². The Hall–Kier alpha value is -0.870. The standard InChI is InChI=1S/C17H30N4/c1-13-9-14(10-21(13)15-5-6-15)19-16(17(2,3)4)11-20-8-7-18-12-20/h7-8,12-16,19H,5-6,9-11H2,1-4H3. The van der Waals surface area contributed by atoms with Gasteiger partial charge in [0.2, 0.25) is 0 Å². The number of rotatable bonds is 5. The highest BCUT2D eigenvalue weighted by Crippen LogP contribution is 2.34. The van der Waals surface area contributed by atoms with Crippen LogP contribution in [0.3, 0.4) is 0 Å². The first kappa shape index (κ1) is 15.0. The minimum absolute atomic E-state index is 0.251. The number of nitrogens with one attached hydrogen (secondary N) is 1. The Bertz CT molecular complexity index is 444. The van der Waals surface area contributed by atoms with Crippen molar-refractivity contribution in [2.24, 2.45) is 5.41 Å².